The van der Waals surface area contributed by atoms with E-state index in [1.165, 1.54) is 17.0 Å². The van der Waals surface area contributed by atoms with Gasteiger partial charge in [0.05, 0.1) is 5.56 Å². The first-order chi connectivity index (χ1) is 8.84. The molecular formula is C12H11ClF3NO2. The van der Waals surface area contributed by atoms with Gasteiger partial charge in [-0.1, -0.05) is 6.07 Å². The van der Waals surface area contributed by atoms with Crippen molar-refractivity contribution in [1.29, 1.82) is 0 Å². The molecule has 104 valence electrons. The Hall–Kier alpha value is -1.27. The largest absolute Gasteiger partial charge is 0.416 e. The summed E-state index contributed by atoms with van der Waals surface area (Å²) in [6.07, 6.45) is -4.46. The summed E-state index contributed by atoms with van der Waals surface area (Å²) in [5.41, 5.74) is -0.683. The number of aliphatic hydroxyl groups is 1. The molecule has 0 radical (unpaired) electrons. The minimum Gasteiger partial charge on any atom is -0.396 e. The van der Waals surface area contributed by atoms with E-state index in [2.05, 4.69) is 0 Å². The van der Waals surface area contributed by atoms with E-state index in [-0.39, 0.29) is 18.8 Å². The molecule has 1 saturated heterocycles. The van der Waals surface area contributed by atoms with Gasteiger partial charge in [0.2, 0.25) is 5.91 Å². The van der Waals surface area contributed by atoms with Crippen LogP contribution in [0.25, 0.3) is 0 Å². The van der Waals surface area contributed by atoms with Crippen molar-refractivity contribution in [3.63, 3.8) is 0 Å². The molecule has 1 N–H and O–H groups in total. The number of hydrogen-bond acceptors (Lipinski definition) is 2. The van der Waals surface area contributed by atoms with Gasteiger partial charge in [-0.25, -0.2) is 0 Å². The third-order valence-electron chi connectivity index (χ3n) is 3.05. The molecule has 7 heteroatoms. The fourth-order valence-corrected chi connectivity index (χ4v) is 2.28. The summed E-state index contributed by atoms with van der Waals surface area (Å²) in [5, 5.41) is 8.16. The van der Waals surface area contributed by atoms with E-state index in [0.717, 1.165) is 12.1 Å². The lowest BCUT2D eigenvalue weighted by Gasteiger charge is -2.18. The Kier molecular flexibility index (Phi) is 3.73. The molecule has 1 fully saturated rings. The van der Waals surface area contributed by atoms with E-state index in [4.69, 9.17) is 16.7 Å². The van der Waals surface area contributed by atoms with Crippen molar-refractivity contribution in [2.45, 2.75) is 11.6 Å². The standard InChI is InChI=1S/C12H11ClF3NO2/c13-10-7(6-18)5-17(11(10)19)9-3-1-2-8(4-9)12(14,15)16/h1-4,7,10,18H,5-6H2/t7-,10-/m0/s1. The molecule has 1 aliphatic heterocycles. The lowest BCUT2D eigenvalue weighted by atomic mass is 10.1. The van der Waals surface area contributed by atoms with Crippen molar-refractivity contribution in [3.05, 3.63) is 29.8 Å². The third kappa shape index (κ3) is 2.69. The Morgan fingerprint density at radius 3 is 2.63 bits per heavy atom. The van der Waals surface area contributed by atoms with Crippen LogP contribution in [0.3, 0.4) is 0 Å². The van der Waals surface area contributed by atoms with Crippen LogP contribution in [0.5, 0.6) is 0 Å². The highest BCUT2D eigenvalue weighted by Crippen LogP contribution is 2.34. The second-order valence-corrected chi connectivity index (χ2v) is 4.81. The molecule has 1 amide bonds. The summed E-state index contributed by atoms with van der Waals surface area (Å²) in [5.74, 6) is -0.955. The zero-order chi connectivity index (χ0) is 14.2. The van der Waals surface area contributed by atoms with Crippen molar-refractivity contribution in [3.8, 4) is 0 Å². The minimum absolute atomic E-state index is 0.116. The Bertz CT molecular complexity index is 492. The SMILES string of the molecule is O=C1[C@@H](Cl)[C@H](CO)CN1c1cccc(C(F)(F)F)c1. The van der Waals surface area contributed by atoms with Crippen LogP contribution in [-0.4, -0.2) is 29.5 Å². The number of benzene rings is 1. The highest BCUT2D eigenvalue weighted by Gasteiger charge is 2.40. The molecule has 0 aliphatic carbocycles. The van der Waals surface area contributed by atoms with Crippen LogP contribution in [0, 0.1) is 5.92 Å². The number of halogens is 4. The number of aliphatic hydroxyl groups excluding tert-OH is 1. The first-order valence-corrected chi connectivity index (χ1v) is 6.02. The summed E-state index contributed by atoms with van der Waals surface area (Å²) in [4.78, 5) is 13.0. The number of hydrogen-bond donors (Lipinski definition) is 1. The molecule has 2 atom stereocenters. The normalized spacial score (nSPS) is 24.1. The van der Waals surface area contributed by atoms with Gasteiger partial charge in [-0.15, -0.1) is 11.6 Å². The van der Waals surface area contributed by atoms with Gasteiger partial charge in [0.25, 0.3) is 0 Å². The lowest BCUT2D eigenvalue weighted by Crippen LogP contribution is -2.27. The van der Waals surface area contributed by atoms with Gasteiger partial charge in [0.1, 0.15) is 5.38 Å². The first-order valence-electron chi connectivity index (χ1n) is 5.58. The summed E-state index contributed by atoms with van der Waals surface area (Å²) in [7, 11) is 0. The van der Waals surface area contributed by atoms with Crippen molar-refractivity contribution >= 4 is 23.2 Å². The predicted molar refractivity (Wildman–Crippen MR) is 64.0 cm³/mol. The van der Waals surface area contributed by atoms with Crippen LogP contribution in [0.4, 0.5) is 18.9 Å². The molecule has 0 bridgehead atoms. The van der Waals surface area contributed by atoms with Gasteiger partial charge in [-0.05, 0) is 18.2 Å². The summed E-state index contributed by atoms with van der Waals surface area (Å²) in [6.45, 7) is -0.166. The predicted octanol–water partition coefficient (Wildman–Crippen LogP) is 2.27. The summed E-state index contributed by atoms with van der Waals surface area (Å²) < 4.78 is 37.8. The average molecular weight is 294 g/mol. The number of carbonyl (C=O) groups is 1. The van der Waals surface area contributed by atoms with Gasteiger partial charge in [-0.2, -0.15) is 13.2 Å². The number of nitrogens with zero attached hydrogens (tertiary/aromatic N) is 1. The van der Waals surface area contributed by atoms with Crippen LogP contribution < -0.4 is 4.90 Å². The van der Waals surface area contributed by atoms with Crippen molar-refractivity contribution in [1.82, 2.24) is 0 Å². The first kappa shape index (κ1) is 14.1. The second kappa shape index (κ2) is 5.02. The molecular weight excluding hydrogens is 283 g/mol. The zero-order valence-electron chi connectivity index (χ0n) is 9.69. The molecule has 0 spiro atoms. The van der Waals surface area contributed by atoms with Crippen LogP contribution in [0.15, 0.2) is 24.3 Å². The molecule has 1 aromatic rings. The van der Waals surface area contributed by atoms with E-state index >= 15 is 0 Å². The highest BCUT2D eigenvalue weighted by molar-refractivity contribution is 6.34. The lowest BCUT2D eigenvalue weighted by molar-refractivity contribution is -0.137. The number of alkyl halides is 4. The van der Waals surface area contributed by atoms with Crippen LogP contribution >= 0.6 is 11.6 Å². The molecule has 19 heavy (non-hydrogen) atoms. The van der Waals surface area contributed by atoms with E-state index in [1.54, 1.807) is 0 Å². The number of amides is 1. The molecule has 0 saturated carbocycles. The molecule has 1 aliphatic rings. The number of rotatable bonds is 2. The zero-order valence-corrected chi connectivity index (χ0v) is 10.4. The second-order valence-electron chi connectivity index (χ2n) is 4.34. The van der Waals surface area contributed by atoms with Crippen molar-refractivity contribution < 1.29 is 23.1 Å². The molecule has 2 rings (SSSR count). The summed E-state index contributed by atoms with van der Waals surface area (Å²) >= 11 is 5.83. The van der Waals surface area contributed by atoms with Gasteiger partial charge < -0.3 is 10.0 Å². The Balaban J connectivity index is 2.31. The summed E-state index contributed by atoms with van der Waals surface area (Å²) in [6, 6.07) is 4.49. The fraction of sp³-hybridized carbons (Fsp3) is 0.417. The van der Waals surface area contributed by atoms with Gasteiger partial charge >= 0.3 is 6.18 Å². The monoisotopic (exact) mass is 293 g/mol. The maximum Gasteiger partial charge on any atom is 0.416 e. The van der Waals surface area contributed by atoms with Gasteiger partial charge in [0.15, 0.2) is 0 Å². The smallest absolute Gasteiger partial charge is 0.396 e. The van der Waals surface area contributed by atoms with E-state index in [9.17, 15) is 18.0 Å². The molecule has 0 aromatic heterocycles. The van der Waals surface area contributed by atoms with Gasteiger partial charge in [-0.3, -0.25) is 4.79 Å². The van der Waals surface area contributed by atoms with Crippen LogP contribution in [0.1, 0.15) is 5.56 Å². The minimum atomic E-state index is -4.46. The Morgan fingerprint density at radius 1 is 1.42 bits per heavy atom. The number of carbonyl (C=O) groups excluding carboxylic acids is 1. The van der Waals surface area contributed by atoms with E-state index < -0.39 is 28.9 Å². The van der Waals surface area contributed by atoms with Crippen molar-refractivity contribution in [2.24, 2.45) is 5.92 Å². The topological polar surface area (TPSA) is 40.5 Å². The van der Waals surface area contributed by atoms with Crippen molar-refractivity contribution in [2.75, 3.05) is 18.1 Å². The quantitative estimate of drug-likeness (QED) is 0.850. The third-order valence-corrected chi connectivity index (χ3v) is 3.60. The highest BCUT2D eigenvalue weighted by atomic mass is 35.5. The average Bonchev–Trinajstić information content (AvgIpc) is 2.65. The Labute approximate surface area is 112 Å². The molecule has 1 heterocycles. The van der Waals surface area contributed by atoms with Crippen LogP contribution in [0.2, 0.25) is 0 Å². The van der Waals surface area contributed by atoms with Crippen LogP contribution in [-0.2, 0) is 11.0 Å². The Morgan fingerprint density at radius 2 is 2.11 bits per heavy atom. The molecule has 0 unspecified atom stereocenters. The maximum atomic E-state index is 12.6. The maximum absolute atomic E-state index is 12.6. The van der Waals surface area contributed by atoms with Gasteiger partial charge in [0, 0.05) is 24.8 Å². The fourth-order valence-electron chi connectivity index (χ4n) is 2.00. The molecule has 1 aromatic carbocycles. The van der Waals surface area contributed by atoms with E-state index in [0.29, 0.717) is 0 Å². The molecule has 3 nitrogen and oxygen atoms in total. The van der Waals surface area contributed by atoms with E-state index in [1.807, 2.05) is 0 Å². The number of anilines is 1.